The maximum Gasteiger partial charge on any atom is 0.323 e. The van der Waals surface area contributed by atoms with E-state index >= 15 is 0 Å². The van der Waals surface area contributed by atoms with E-state index in [1.165, 1.54) is 11.1 Å². The lowest BCUT2D eigenvalue weighted by atomic mass is 9.94. The van der Waals surface area contributed by atoms with Gasteiger partial charge in [-0.3, -0.25) is 4.98 Å². The van der Waals surface area contributed by atoms with Crippen LogP contribution in [0.5, 0.6) is 11.8 Å². The number of hydrogen-bond donors (Lipinski definition) is 0. The van der Waals surface area contributed by atoms with Crippen LogP contribution in [0, 0.1) is 0 Å². The second-order valence-corrected chi connectivity index (χ2v) is 6.29. The molecule has 0 saturated carbocycles. The van der Waals surface area contributed by atoms with Crippen LogP contribution in [0.15, 0.2) is 61.1 Å². The van der Waals surface area contributed by atoms with Crippen molar-refractivity contribution in [2.75, 3.05) is 4.90 Å². The largest absolute Gasteiger partial charge is 0.423 e. The van der Waals surface area contributed by atoms with Gasteiger partial charge in [0.2, 0.25) is 0 Å². The molecule has 0 aliphatic carbocycles. The molecule has 1 aromatic carbocycles. The first kappa shape index (κ1) is 14.6. The molecule has 1 aliphatic rings. The number of hydrogen-bond acceptors (Lipinski definition) is 5. The average molecular weight is 318 g/mol. The van der Waals surface area contributed by atoms with Gasteiger partial charge in [0.05, 0.1) is 11.7 Å². The molecule has 0 unspecified atom stereocenters. The zero-order valence-electron chi connectivity index (χ0n) is 13.7. The van der Waals surface area contributed by atoms with E-state index in [2.05, 4.69) is 58.0 Å². The van der Waals surface area contributed by atoms with Gasteiger partial charge in [-0.05, 0) is 43.2 Å². The van der Waals surface area contributed by atoms with E-state index in [1.807, 2.05) is 18.2 Å². The number of ether oxygens (including phenoxy) is 1. The Balaban J connectivity index is 1.65. The number of aromatic nitrogens is 3. The number of benzene rings is 1. The first-order valence-corrected chi connectivity index (χ1v) is 7.91. The van der Waals surface area contributed by atoms with Gasteiger partial charge in [0.25, 0.3) is 0 Å². The molecule has 3 heterocycles. The second kappa shape index (κ2) is 5.60. The van der Waals surface area contributed by atoms with Gasteiger partial charge in [-0.15, -0.1) is 0 Å². The Bertz CT molecular complexity index is 864. The summed E-state index contributed by atoms with van der Waals surface area (Å²) in [4.78, 5) is 15.1. The predicted octanol–water partition coefficient (Wildman–Crippen LogP) is 3.92. The van der Waals surface area contributed by atoms with Crippen LogP contribution >= 0.6 is 0 Å². The minimum atomic E-state index is -0.128. The van der Waals surface area contributed by atoms with Crippen LogP contribution < -0.4 is 9.64 Å². The Labute approximate surface area is 141 Å². The van der Waals surface area contributed by atoms with E-state index in [9.17, 15) is 0 Å². The van der Waals surface area contributed by atoms with Gasteiger partial charge in [0.1, 0.15) is 11.6 Å². The summed E-state index contributed by atoms with van der Waals surface area (Å²) in [5, 5.41) is 0. The maximum atomic E-state index is 5.71. The van der Waals surface area contributed by atoms with E-state index < -0.39 is 0 Å². The monoisotopic (exact) mass is 318 g/mol. The highest BCUT2D eigenvalue weighted by Gasteiger charge is 2.37. The van der Waals surface area contributed by atoms with E-state index in [-0.39, 0.29) is 5.54 Å². The lowest BCUT2D eigenvalue weighted by Gasteiger charge is -2.33. The van der Waals surface area contributed by atoms with Crippen molar-refractivity contribution in [3.63, 3.8) is 0 Å². The Kier molecular flexibility index (Phi) is 3.41. The topological polar surface area (TPSA) is 51.1 Å². The standard InChI is InChI=1S/C19H18N4O/c1-19(2)16-8-4-3-6-14(16)13-23(19)17-9-11-21-18(22-17)24-15-7-5-10-20-12-15/h3-12H,13H2,1-2H3. The van der Waals surface area contributed by atoms with Gasteiger partial charge in [0.15, 0.2) is 0 Å². The third-order valence-corrected chi connectivity index (χ3v) is 4.42. The smallest absolute Gasteiger partial charge is 0.323 e. The Morgan fingerprint density at radius 1 is 1.04 bits per heavy atom. The molecule has 0 amide bonds. The number of anilines is 1. The summed E-state index contributed by atoms with van der Waals surface area (Å²) in [5.74, 6) is 1.48. The second-order valence-electron chi connectivity index (χ2n) is 6.29. The molecule has 0 saturated heterocycles. The average Bonchev–Trinajstić information content (AvgIpc) is 2.88. The Morgan fingerprint density at radius 2 is 1.92 bits per heavy atom. The summed E-state index contributed by atoms with van der Waals surface area (Å²) < 4.78 is 5.71. The Morgan fingerprint density at radius 3 is 2.71 bits per heavy atom. The first-order valence-electron chi connectivity index (χ1n) is 7.91. The molecule has 0 bridgehead atoms. The van der Waals surface area contributed by atoms with Crippen molar-refractivity contribution >= 4 is 5.82 Å². The van der Waals surface area contributed by atoms with Gasteiger partial charge in [-0.1, -0.05) is 24.3 Å². The maximum absolute atomic E-state index is 5.71. The molecule has 24 heavy (non-hydrogen) atoms. The molecule has 0 fully saturated rings. The van der Waals surface area contributed by atoms with Crippen LogP contribution in [-0.4, -0.2) is 15.0 Å². The fourth-order valence-electron chi connectivity index (χ4n) is 3.18. The highest BCUT2D eigenvalue weighted by molar-refractivity contribution is 5.53. The van der Waals surface area contributed by atoms with Crippen molar-refractivity contribution < 1.29 is 4.74 Å². The normalized spacial score (nSPS) is 15.2. The van der Waals surface area contributed by atoms with E-state index in [4.69, 9.17) is 4.74 Å². The Hall–Kier alpha value is -2.95. The van der Waals surface area contributed by atoms with Crippen LogP contribution in [0.2, 0.25) is 0 Å². The molecule has 4 rings (SSSR count). The molecular weight excluding hydrogens is 300 g/mol. The van der Waals surface area contributed by atoms with Crippen molar-refractivity contribution in [1.82, 2.24) is 15.0 Å². The zero-order valence-corrected chi connectivity index (χ0v) is 13.7. The van der Waals surface area contributed by atoms with Crippen molar-refractivity contribution in [2.24, 2.45) is 0 Å². The van der Waals surface area contributed by atoms with Crippen molar-refractivity contribution in [3.8, 4) is 11.8 Å². The third kappa shape index (κ3) is 2.48. The molecule has 1 aliphatic heterocycles. The van der Waals surface area contributed by atoms with Crippen LogP contribution in [0.25, 0.3) is 0 Å². The van der Waals surface area contributed by atoms with Crippen molar-refractivity contribution in [3.05, 3.63) is 72.2 Å². The van der Waals surface area contributed by atoms with Crippen molar-refractivity contribution in [2.45, 2.75) is 25.9 Å². The fourth-order valence-corrected chi connectivity index (χ4v) is 3.18. The van der Waals surface area contributed by atoms with E-state index in [0.717, 1.165) is 12.4 Å². The lowest BCUT2D eigenvalue weighted by Crippen LogP contribution is -2.35. The van der Waals surface area contributed by atoms with Crippen LogP contribution in [0.4, 0.5) is 5.82 Å². The number of rotatable bonds is 3. The number of pyridine rings is 1. The highest BCUT2D eigenvalue weighted by atomic mass is 16.5. The minimum absolute atomic E-state index is 0.128. The van der Waals surface area contributed by atoms with Gasteiger partial charge in [0, 0.05) is 18.9 Å². The summed E-state index contributed by atoms with van der Waals surface area (Å²) in [5.41, 5.74) is 2.53. The van der Waals surface area contributed by atoms with Gasteiger partial charge < -0.3 is 9.64 Å². The molecule has 120 valence electrons. The SMILES string of the molecule is CC1(C)c2ccccc2CN1c1ccnc(Oc2cccnc2)n1. The number of nitrogens with zero attached hydrogens (tertiary/aromatic N) is 4. The highest BCUT2D eigenvalue weighted by Crippen LogP contribution is 2.41. The van der Waals surface area contributed by atoms with Crippen molar-refractivity contribution in [1.29, 1.82) is 0 Å². The molecule has 0 atom stereocenters. The summed E-state index contributed by atoms with van der Waals surface area (Å²) in [6.45, 7) is 5.25. The fraction of sp³-hybridized carbons (Fsp3) is 0.211. The quantitative estimate of drug-likeness (QED) is 0.732. The summed E-state index contributed by atoms with van der Waals surface area (Å²) >= 11 is 0. The minimum Gasteiger partial charge on any atom is -0.423 e. The van der Waals surface area contributed by atoms with Crippen LogP contribution in [-0.2, 0) is 12.1 Å². The lowest BCUT2D eigenvalue weighted by molar-refractivity contribution is 0.435. The molecule has 0 spiro atoms. The first-order chi connectivity index (χ1) is 11.6. The van der Waals surface area contributed by atoms with Crippen LogP contribution in [0.1, 0.15) is 25.0 Å². The predicted molar refractivity (Wildman–Crippen MR) is 92.0 cm³/mol. The summed E-state index contributed by atoms with van der Waals surface area (Å²) in [6.07, 6.45) is 5.08. The molecule has 5 nitrogen and oxygen atoms in total. The summed E-state index contributed by atoms with van der Waals surface area (Å²) in [6, 6.07) is 14.4. The van der Waals surface area contributed by atoms with Gasteiger partial charge in [-0.25, -0.2) is 4.98 Å². The van der Waals surface area contributed by atoms with E-state index in [0.29, 0.717) is 11.8 Å². The molecule has 0 N–H and O–H groups in total. The summed E-state index contributed by atoms with van der Waals surface area (Å²) in [7, 11) is 0. The molecular formula is C19H18N4O. The molecule has 5 heteroatoms. The van der Waals surface area contributed by atoms with Gasteiger partial charge in [-0.2, -0.15) is 4.98 Å². The van der Waals surface area contributed by atoms with Gasteiger partial charge >= 0.3 is 6.01 Å². The molecule has 3 aromatic rings. The van der Waals surface area contributed by atoms with E-state index in [1.54, 1.807) is 18.6 Å². The third-order valence-electron chi connectivity index (χ3n) is 4.42. The van der Waals surface area contributed by atoms with Crippen LogP contribution in [0.3, 0.4) is 0 Å². The molecule has 0 radical (unpaired) electrons. The number of fused-ring (bicyclic) bond motifs is 1. The molecule has 2 aromatic heterocycles. The zero-order chi connectivity index (χ0) is 16.6.